The second kappa shape index (κ2) is 8.54. The Morgan fingerprint density at radius 3 is 2.54 bits per heavy atom. The SMILES string of the molecule is CCOc1ccc(Nc2nc(C)cc(NCc3ccccc3Cl)n2)cc1. The number of hydrogen-bond acceptors (Lipinski definition) is 5. The van der Waals surface area contributed by atoms with Gasteiger partial charge in [0.25, 0.3) is 0 Å². The normalized spacial score (nSPS) is 10.4. The van der Waals surface area contributed by atoms with Gasteiger partial charge in [0.15, 0.2) is 0 Å². The van der Waals surface area contributed by atoms with Crippen molar-refractivity contribution in [3.63, 3.8) is 0 Å². The zero-order valence-electron chi connectivity index (χ0n) is 14.8. The molecular weight excluding hydrogens is 348 g/mol. The third-order valence-corrected chi connectivity index (χ3v) is 4.06. The van der Waals surface area contributed by atoms with E-state index in [0.717, 1.165) is 33.5 Å². The number of rotatable bonds is 7. The van der Waals surface area contributed by atoms with Crippen LogP contribution >= 0.6 is 11.6 Å². The summed E-state index contributed by atoms with van der Waals surface area (Å²) in [5.41, 5.74) is 2.79. The highest BCUT2D eigenvalue weighted by molar-refractivity contribution is 6.31. The lowest BCUT2D eigenvalue weighted by atomic mass is 10.2. The van der Waals surface area contributed by atoms with Crippen LogP contribution < -0.4 is 15.4 Å². The molecule has 0 saturated carbocycles. The lowest BCUT2D eigenvalue weighted by Crippen LogP contribution is -2.06. The number of aryl methyl sites for hydroxylation is 1. The summed E-state index contributed by atoms with van der Waals surface area (Å²) in [6.07, 6.45) is 0. The van der Waals surface area contributed by atoms with Gasteiger partial charge in [0, 0.05) is 29.0 Å². The van der Waals surface area contributed by atoms with Gasteiger partial charge in [-0.3, -0.25) is 0 Å². The van der Waals surface area contributed by atoms with Gasteiger partial charge in [0.1, 0.15) is 11.6 Å². The molecule has 0 aliphatic rings. The molecule has 6 heteroatoms. The van der Waals surface area contributed by atoms with Crippen molar-refractivity contribution in [2.75, 3.05) is 17.2 Å². The fourth-order valence-corrected chi connectivity index (χ4v) is 2.68. The smallest absolute Gasteiger partial charge is 0.229 e. The Morgan fingerprint density at radius 2 is 1.81 bits per heavy atom. The zero-order chi connectivity index (χ0) is 18.4. The first-order chi connectivity index (χ1) is 12.6. The fourth-order valence-electron chi connectivity index (χ4n) is 2.47. The summed E-state index contributed by atoms with van der Waals surface area (Å²) in [5, 5.41) is 7.25. The predicted octanol–water partition coefficient (Wildman–Crippen LogP) is 5.19. The second-order valence-electron chi connectivity index (χ2n) is 5.75. The number of aromatic nitrogens is 2. The number of benzene rings is 2. The molecule has 5 nitrogen and oxygen atoms in total. The van der Waals surface area contributed by atoms with Gasteiger partial charge >= 0.3 is 0 Å². The summed E-state index contributed by atoms with van der Waals surface area (Å²) in [7, 11) is 0. The first kappa shape index (κ1) is 18.0. The van der Waals surface area contributed by atoms with Crippen LogP contribution in [-0.2, 0) is 6.54 Å². The lowest BCUT2D eigenvalue weighted by Gasteiger charge is -2.11. The maximum Gasteiger partial charge on any atom is 0.229 e. The molecule has 1 aromatic heterocycles. The maximum absolute atomic E-state index is 6.20. The number of hydrogen-bond donors (Lipinski definition) is 2. The third kappa shape index (κ3) is 4.86. The molecule has 0 aliphatic heterocycles. The minimum absolute atomic E-state index is 0.538. The number of ether oxygens (including phenoxy) is 1. The van der Waals surface area contributed by atoms with E-state index in [9.17, 15) is 0 Å². The molecule has 0 unspecified atom stereocenters. The van der Waals surface area contributed by atoms with Crippen LogP contribution in [0.2, 0.25) is 5.02 Å². The molecule has 3 aromatic rings. The van der Waals surface area contributed by atoms with Gasteiger partial charge in [-0.15, -0.1) is 0 Å². The Morgan fingerprint density at radius 1 is 1.04 bits per heavy atom. The van der Waals surface area contributed by atoms with Crippen LogP contribution in [0.1, 0.15) is 18.2 Å². The quantitative estimate of drug-likeness (QED) is 0.600. The minimum Gasteiger partial charge on any atom is -0.494 e. The van der Waals surface area contributed by atoms with Gasteiger partial charge in [0.05, 0.1) is 6.61 Å². The van der Waals surface area contributed by atoms with E-state index in [1.54, 1.807) is 0 Å². The van der Waals surface area contributed by atoms with Gasteiger partial charge in [-0.05, 0) is 49.7 Å². The van der Waals surface area contributed by atoms with Crippen LogP contribution in [0.3, 0.4) is 0 Å². The molecule has 3 rings (SSSR count). The molecule has 134 valence electrons. The number of anilines is 3. The molecule has 0 amide bonds. The van der Waals surface area contributed by atoms with Gasteiger partial charge in [-0.1, -0.05) is 29.8 Å². The summed E-state index contributed by atoms with van der Waals surface area (Å²) >= 11 is 6.20. The monoisotopic (exact) mass is 368 g/mol. The molecule has 2 N–H and O–H groups in total. The van der Waals surface area contributed by atoms with Crippen molar-refractivity contribution in [1.29, 1.82) is 0 Å². The molecule has 0 radical (unpaired) electrons. The van der Waals surface area contributed by atoms with Gasteiger partial charge in [-0.2, -0.15) is 4.98 Å². The van der Waals surface area contributed by atoms with Gasteiger partial charge in [0.2, 0.25) is 5.95 Å². The summed E-state index contributed by atoms with van der Waals surface area (Å²) in [5.74, 6) is 2.12. The summed E-state index contributed by atoms with van der Waals surface area (Å²) in [6.45, 7) is 5.14. The van der Waals surface area contributed by atoms with Crippen LogP contribution in [0.4, 0.5) is 17.5 Å². The van der Waals surface area contributed by atoms with E-state index in [-0.39, 0.29) is 0 Å². The van der Waals surface area contributed by atoms with Crippen molar-refractivity contribution < 1.29 is 4.74 Å². The van der Waals surface area contributed by atoms with Crippen molar-refractivity contribution in [3.05, 3.63) is 70.9 Å². The van der Waals surface area contributed by atoms with E-state index >= 15 is 0 Å². The van der Waals surface area contributed by atoms with Crippen molar-refractivity contribution >= 4 is 29.1 Å². The van der Waals surface area contributed by atoms with Gasteiger partial charge in [-0.25, -0.2) is 4.98 Å². The van der Waals surface area contributed by atoms with Crippen LogP contribution in [0.5, 0.6) is 5.75 Å². The third-order valence-electron chi connectivity index (χ3n) is 3.69. The van der Waals surface area contributed by atoms with Crippen molar-refractivity contribution in [1.82, 2.24) is 9.97 Å². The largest absolute Gasteiger partial charge is 0.494 e. The summed E-state index contributed by atoms with van der Waals surface area (Å²) in [4.78, 5) is 8.97. The molecule has 0 fully saturated rings. The average Bonchev–Trinajstić information content (AvgIpc) is 2.62. The summed E-state index contributed by atoms with van der Waals surface area (Å²) in [6, 6.07) is 17.4. The zero-order valence-corrected chi connectivity index (χ0v) is 15.5. The molecule has 0 atom stereocenters. The highest BCUT2D eigenvalue weighted by Gasteiger charge is 2.05. The molecule has 26 heavy (non-hydrogen) atoms. The van der Waals surface area contributed by atoms with Crippen molar-refractivity contribution in [3.8, 4) is 5.75 Å². The Balaban J connectivity index is 1.70. The van der Waals surface area contributed by atoms with E-state index in [1.165, 1.54) is 0 Å². The molecule has 1 heterocycles. The van der Waals surface area contributed by atoms with Crippen LogP contribution in [-0.4, -0.2) is 16.6 Å². The highest BCUT2D eigenvalue weighted by atomic mass is 35.5. The molecular formula is C20H21ClN4O. The Labute approximate surface area is 158 Å². The van der Waals surface area contributed by atoms with Crippen LogP contribution in [0.25, 0.3) is 0 Å². The average molecular weight is 369 g/mol. The molecule has 0 aliphatic carbocycles. The number of halogens is 1. The Hall–Kier alpha value is -2.79. The van der Waals surface area contributed by atoms with Crippen LogP contribution in [0.15, 0.2) is 54.6 Å². The van der Waals surface area contributed by atoms with Crippen molar-refractivity contribution in [2.24, 2.45) is 0 Å². The van der Waals surface area contributed by atoms with E-state index in [2.05, 4.69) is 20.6 Å². The topological polar surface area (TPSA) is 59.1 Å². The molecule has 0 bridgehead atoms. The standard InChI is InChI=1S/C20H21ClN4O/c1-3-26-17-10-8-16(9-11-17)24-20-23-14(2)12-19(25-20)22-13-15-6-4-5-7-18(15)21/h4-12H,3,13H2,1-2H3,(H2,22,23,24,25). The molecule has 0 spiro atoms. The van der Waals surface area contributed by atoms with E-state index < -0.39 is 0 Å². The summed E-state index contributed by atoms with van der Waals surface area (Å²) < 4.78 is 5.45. The minimum atomic E-state index is 0.538. The van der Waals surface area contributed by atoms with E-state index in [4.69, 9.17) is 16.3 Å². The predicted molar refractivity (Wildman–Crippen MR) is 106 cm³/mol. The van der Waals surface area contributed by atoms with E-state index in [0.29, 0.717) is 19.1 Å². The maximum atomic E-state index is 6.20. The van der Waals surface area contributed by atoms with Gasteiger partial charge < -0.3 is 15.4 Å². The first-order valence-corrected chi connectivity index (χ1v) is 8.84. The second-order valence-corrected chi connectivity index (χ2v) is 6.15. The Kier molecular flexibility index (Phi) is 5.92. The fraction of sp³-hybridized carbons (Fsp3) is 0.200. The molecule has 2 aromatic carbocycles. The van der Waals surface area contributed by atoms with Crippen molar-refractivity contribution in [2.45, 2.75) is 20.4 Å². The number of nitrogens with one attached hydrogen (secondary N) is 2. The van der Waals surface area contributed by atoms with E-state index in [1.807, 2.05) is 68.4 Å². The number of nitrogens with zero attached hydrogens (tertiary/aromatic N) is 2. The Bertz CT molecular complexity index is 868. The highest BCUT2D eigenvalue weighted by Crippen LogP contribution is 2.20. The first-order valence-electron chi connectivity index (χ1n) is 8.47. The lowest BCUT2D eigenvalue weighted by molar-refractivity contribution is 0.340. The van der Waals surface area contributed by atoms with Crippen LogP contribution in [0, 0.1) is 6.92 Å². The molecule has 0 saturated heterocycles.